The van der Waals surface area contributed by atoms with E-state index in [1.807, 2.05) is 11.8 Å². The second-order valence-corrected chi connectivity index (χ2v) is 5.64. The Labute approximate surface area is 95.8 Å². The molecule has 0 spiro atoms. The van der Waals surface area contributed by atoms with Crippen molar-refractivity contribution in [3.05, 3.63) is 42.0 Å². The molecule has 0 amide bonds. The predicted molar refractivity (Wildman–Crippen MR) is 67.2 cm³/mol. The summed E-state index contributed by atoms with van der Waals surface area (Å²) in [7, 11) is 0. The number of thioether (sulfide) groups is 1. The van der Waals surface area contributed by atoms with Gasteiger partial charge in [0.2, 0.25) is 0 Å². The third kappa shape index (κ3) is 2.27. The van der Waals surface area contributed by atoms with Crippen molar-refractivity contribution in [3.8, 4) is 0 Å². The molecule has 2 rings (SSSR count). The lowest BCUT2D eigenvalue weighted by molar-refractivity contribution is 0.641. The number of nitrogens with two attached hydrogens (primary N) is 1. The van der Waals surface area contributed by atoms with Crippen LogP contribution in [0.25, 0.3) is 0 Å². The highest BCUT2D eigenvalue weighted by molar-refractivity contribution is 8.00. The van der Waals surface area contributed by atoms with E-state index in [9.17, 15) is 0 Å². The maximum Gasteiger partial charge on any atom is 0.0398 e. The summed E-state index contributed by atoms with van der Waals surface area (Å²) in [6, 6.07) is 8.54. The molecule has 1 nitrogen and oxygen atoms in total. The van der Waals surface area contributed by atoms with Crippen molar-refractivity contribution < 1.29 is 0 Å². The van der Waals surface area contributed by atoms with Gasteiger partial charge in [0.25, 0.3) is 0 Å². The summed E-state index contributed by atoms with van der Waals surface area (Å²) >= 11 is 1.94. The number of aryl methyl sites for hydroxylation is 1. The Kier molecular flexibility index (Phi) is 3.17. The van der Waals surface area contributed by atoms with Gasteiger partial charge in [-0.1, -0.05) is 30.4 Å². The van der Waals surface area contributed by atoms with Gasteiger partial charge in [-0.2, -0.15) is 0 Å². The van der Waals surface area contributed by atoms with Crippen LogP contribution >= 0.6 is 11.8 Å². The summed E-state index contributed by atoms with van der Waals surface area (Å²) in [5.74, 6) is 0. The minimum atomic E-state index is 0.214. The maximum absolute atomic E-state index is 5.91. The van der Waals surface area contributed by atoms with Crippen LogP contribution in [0.15, 0.2) is 41.3 Å². The molecular weight excluding hydrogens is 202 g/mol. The van der Waals surface area contributed by atoms with E-state index in [-0.39, 0.29) is 4.75 Å². The fraction of sp³-hybridized carbons (Fsp3) is 0.385. The monoisotopic (exact) mass is 219 g/mol. The summed E-state index contributed by atoms with van der Waals surface area (Å²) in [6.07, 6.45) is 6.70. The second kappa shape index (κ2) is 4.42. The minimum Gasteiger partial charge on any atom is -0.329 e. The van der Waals surface area contributed by atoms with Crippen LogP contribution in [0.3, 0.4) is 0 Å². The first-order chi connectivity index (χ1) is 7.26. The highest BCUT2D eigenvalue weighted by atomic mass is 32.2. The molecule has 0 aromatic heterocycles. The fourth-order valence-corrected chi connectivity index (χ4v) is 3.16. The van der Waals surface area contributed by atoms with E-state index in [1.54, 1.807) is 0 Å². The van der Waals surface area contributed by atoms with Crippen LogP contribution in [0.2, 0.25) is 0 Å². The molecule has 0 heterocycles. The van der Waals surface area contributed by atoms with E-state index in [1.165, 1.54) is 10.5 Å². The molecule has 0 saturated heterocycles. The first-order valence-electron chi connectivity index (χ1n) is 5.35. The Hall–Kier alpha value is -0.730. The van der Waals surface area contributed by atoms with Crippen molar-refractivity contribution in [1.29, 1.82) is 0 Å². The van der Waals surface area contributed by atoms with Crippen LogP contribution in [0.5, 0.6) is 0 Å². The average Bonchev–Trinajstić information content (AvgIpc) is 2.71. The molecule has 1 aliphatic carbocycles. The van der Waals surface area contributed by atoms with Crippen LogP contribution in [0.4, 0.5) is 0 Å². The Morgan fingerprint density at radius 3 is 2.53 bits per heavy atom. The number of rotatable bonds is 3. The zero-order valence-electron chi connectivity index (χ0n) is 9.07. The van der Waals surface area contributed by atoms with E-state index in [0.29, 0.717) is 0 Å². The molecule has 0 radical (unpaired) electrons. The van der Waals surface area contributed by atoms with Crippen molar-refractivity contribution in [2.75, 3.05) is 6.54 Å². The van der Waals surface area contributed by atoms with Crippen LogP contribution in [0, 0.1) is 6.92 Å². The Bertz CT molecular complexity index is 363. The van der Waals surface area contributed by atoms with Crippen molar-refractivity contribution in [2.24, 2.45) is 5.73 Å². The van der Waals surface area contributed by atoms with Gasteiger partial charge in [0.05, 0.1) is 0 Å². The summed E-state index contributed by atoms with van der Waals surface area (Å²) in [4.78, 5) is 1.37. The van der Waals surface area contributed by atoms with Gasteiger partial charge in [0.1, 0.15) is 0 Å². The largest absolute Gasteiger partial charge is 0.329 e. The van der Waals surface area contributed by atoms with Gasteiger partial charge in [-0.05, 0) is 31.4 Å². The Morgan fingerprint density at radius 2 is 1.93 bits per heavy atom. The summed E-state index contributed by atoms with van der Waals surface area (Å²) in [6.45, 7) is 2.91. The van der Waals surface area contributed by atoms with Crippen molar-refractivity contribution in [1.82, 2.24) is 0 Å². The van der Waals surface area contributed by atoms with Gasteiger partial charge < -0.3 is 5.73 Å². The molecule has 0 aliphatic heterocycles. The topological polar surface area (TPSA) is 26.0 Å². The van der Waals surface area contributed by atoms with Crippen LogP contribution in [-0.2, 0) is 0 Å². The molecule has 2 heteroatoms. The molecule has 0 bridgehead atoms. The van der Waals surface area contributed by atoms with E-state index >= 15 is 0 Å². The first-order valence-corrected chi connectivity index (χ1v) is 6.17. The van der Waals surface area contributed by atoms with E-state index < -0.39 is 0 Å². The van der Waals surface area contributed by atoms with E-state index in [4.69, 9.17) is 5.73 Å². The van der Waals surface area contributed by atoms with Gasteiger partial charge in [-0.25, -0.2) is 0 Å². The van der Waals surface area contributed by atoms with Crippen LogP contribution in [0.1, 0.15) is 18.4 Å². The molecule has 80 valence electrons. The molecule has 1 aromatic rings. The third-order valence-electron chi connectivity index (χ3n) is 2.94. The molecule has 1 aromatic carbocycles. The predicted octanol–water partition coefficient (Wildman–Crippen LogP) is 3.13. The van der Waals surface area contributed by atoms with E-state index in [2.05, 4.69) is 43.3 Å². The zero-order valence-corrected chi connectivity index (χ0v) is 9.89. The summed E-state index contributed by atoms with van der Waals surface area (Å²) in [5, 5.41) is 0. The molecular formula is C13H17NS. The van der Waals surface area contributed by atoms with Crippen LogP contribution in [-0.4, -0.2) is 11.3 Å². The number of hydrogen-bond donors (Lipinski definition) is 1. The highest BCUT2D eigenvalue weighted by Crippen LogP contribution is 2.42. The number of allylic oxidation sites excluding steroid dienone is 2. The third-order valence-corrected chi connectivity index (χ3v) is 4.55. The molecule has 0 fully saturated rings. The molecule has 2 N–H and O–H groups in total. The van der Waals surface area contributed by atoms with Gasteiger partial charge in [0.15, 0.2) is 0 Å². The van der Waals surface area contributed by atoms with Crippen molar-refractivity contribution in [2.45, 2.75) is 29.4 Å². The molecule has 0 saturated carbocycles. The number of hydrogen-bond acceptors (Lipinski definition) is 2. The average molecular weight is 219 g/mol. The lowest BCUT2D eigenvalue weighted by Crippen LogP contribution is -2.31. The van der Waals surface area contributed by atoms with Gasteiger partial charge in [-0.3, -0.25) is 0 Å². The Morgan fingerprint density at radius 1 is 1.27 bits per heavy atom. The standard InChI is InChI=1S/C13H17NS/c1-11-6-2-3-7-12(11)15-13(10-14)8-4-5-9-13/h2-7H,8-10,14H2,1H3. The minimum absolute atomic E-state index is 0.214. The summed E-state index contributed by atoms with van der Waals surface area (Å²) in [5.41, 5.74) is 7.26. The lowest BCUT2D eigenvalue weighted by atomic mass is 10.1. The smallest absolute Gasteiger partial charge is 0.0398 e. The zero-order chi connectivity index (χ0) is 10.7. The Balaban J connectivity index is 2.17. The number of benzene rings is 1. The van der Waals surface area contributed by atoms with Gasteiger partial charge in [0, 0.05) is 16.2 Å². The normalized spacial score (nSPS) is 18.3. The lowest BCUT2D eigenvalue weighted by Gasteiger charge is -2.27. The summed E-state index contributed by atoms with van der Waals surface area (Å²) < 4.78 is 0.214. The van der Waals surface area contributed by atoms with Crippen molar-refractivity contribution in [3.63, 3.8) is 0 Å². The maximum atomic E-state index is 5.91. The molecule has 0 unspecified atom stereocenters. The molecule has 0 atom stereocenters. The molecule has 1 aliphatic rings. The van der Waals surface area contributed by atoms with Crippen LogP contribution < -0.4 is 5.73 Å². The van der Waals surface area contributed by atoms with E-state index in [0.717, 1.165) is 19.4 Å². The van der Waals surface area contributed by atoms with Crippen molar-refractivity contribution >= 4 is 11.8 Å². The van der Waals surface area contributed by atoms with Gasteiger partial charge >= 0.3 is 0 Å². The SMILES string of the molecule is Cc1ccccc1SC1(CN)CC=CC1. The highest BCUT2D eigenvalue weighted by Gasteiger charge is 2.30. The first kappa shape index (κ1) is 10.8. The fourth-order valence-electron chi connectivity index (χ4n) is 1.88. The second-order valence-electron chi connectivity index (χ2n) is 4.13. The van der Waals surface area contributed by atoms with Gasteiger partial charge in [-0.15, -0.1) is 11.8 Å². The molecule has 15 heavy (non-hydrogen) atoms. The quantitative estimate of drug-likeness (QED) is 0.790.